The summed E-state index contributed by atoms with van der Waals surface area (Å²) in [6, 6.07) is 5.81. The molecule has 0 fully saturated rings. The molecule has 82 valence electrons. The Morgan fingerprint density at radius 2 is 2.33 bits per heavy atom. The molecule has 0 bridgehead atoms. The van der Waals surface area contributed by atoms with E-state index >= 15 is 0 Å². The molecule has 1 heterocycles. The fourth-order valence-electron chi connectivity index (χ4n) is 1.77. The number of aliphatic hydroxyl groups is 1. The third kappa shape index (κ3) is 2.03. The van der Waals surface area contributed by atoms with Crippen LogP contribution in [0.4, 0.5) is 5.69 Å². The van der Waals surface area contributed by atoms with E-state index in [0.717, 1.165) is 5.69 Å². The highest BCUT2D eigenvalue weighted by Gasteiger charge is 2.26. The van der Waals surface area contributed by atoms with E-state index < -0.39 is 0 Å². The minimum Gasteiger partial charge on any atom is -0.484 e. The van der Waals surface area contributed by atoms with Crippen molar-refractivity contribution in [2.45, 2.75) is 25.5 Å². The normalized spacial score (nSPS) is 23.9. The molecule has 2 atom stereocenters. The van der Waals surface area contributed by atoms with Gasteiger partial charge >= 0.3 is 0 Å². The van der Waals surface area contributed by atoms with Crippen molar-refractivity contribution in [3.63, 3.8) is 0 Å². The standard InChI is InChI=1S/C11H14ClNO2/c1-7-10(5-6-14)15-11-8(12)3-2-4-9(11)13-7/h2-4,7,10,13-14H,5-6H2,1H3. The number of nitrogens with one attached hydrogen (secondary N) is 1. The Morgan fingerprint density at radius 1 is 1.53 bits per heavy atom. The molecule has 2 unspecified atom stereocenters. The van der Waals surface area contributed by atoms with Crippen molar-refractivity contribution >= 4 is 17.3 Å². The Kier molecular flexibility index (Phi) is 3.03. The fourth-order valence-corrected chi connectivity index (χ4v) is 1.99. The van der Waals surface area contributed by atoms with Crippen LogP contribution < -0.4 is 10.1 Å². The molecular weight excluding hydrogens is 214 g/mol. The fraction of sp³-hybridized carbons (Fsp3) is 0.455. The summed E-state index contributed by atoms with van der Waals surface area (Å²) in [6.45, 7) is 2.15. The van der Waals surface area contributed by atoms with Crippen LogP contribution in [0, 0.1) is 0 Å². The van der Waals surface area contributed by atoms with Crippen LogP contribution in [0.3, 0.4) is 0 Å². The molecule has 0 amide bonds. The maximum Gasteiger partial charge on any atom is 0.161 e. The van der Waals surface area contributed by atoms with Gasteiger partial charge in [-0.2, -0.15) is 0 Å². The largest absolute Gasteiger partial charge is 0.484 e. The third-order valence-corrected chi connectivity index (χ3v) is 2.89. The third-order valence-electron chi connectivity index (χ3n) is 2.59. The number of hydrogen-bond acceptors (Lipinski definition) is 3. The quantitative estimate of drug-likeness (QED) is 0.815. The average Bonchev–Trinajstić information content (AvgIpc) is 2.21. The predicted molar refractivity (Wildman–Crippen MR) is 60.7 cm³/mol. The van der Waals surface area contributed by atoms with Gasteiger partial charge < -0.3 is 15.2 Å². The van der Waals surface area contributed by atoms with E-state index in [4.69, 9.17) is 21.4 Å². The monoisotopic (exact) mass is 227 g/mol. The molecular formula is C11H14ClNO2. The Morgan fingerprint density at radius 3 is 3.07 bits per heavy atom. The van der Waals surface area contributed by atoms with Gasteiger partial charge in [0.15, 0.2) is 5.75 Å². The number of anilines is 1. The smallest absolute Gasteiger partial charge is 0.161 e. The number of benzene rings is 1. The van der Waals surface area contributed by atoms with E-state index in [9.17, 15) is 0 Å². The molecule has 0 saturated heterocycles. The molecule has 0 spiro atoms. The van der Waals surface area contributed by atoms with Gasteiger partial charge in [0, 0.05) is 13.0 Å². The van der Waals surface area contributed by atoms with Crippen LogP contribution in [-0.4, -0.2) is 23.9 Å². The molecule has 1 aliphatic heterocycles. The SMILES string of the molecule is CC1Nc2cccc(Cl)c2OC1CCO. The predicted octanol–water partition coefficient (Wildman–Crippen LogP) is 2.28. The second kappa shape index (κ2) is 4.29. The molecule has 4 heteroatoms. The highest BCUT2D eigenvalue weighted by Crippen LogP contribution is 2.38. The summed E-state index contributed by atoms with van der Waals surface area (Å²) in [5.41, 5.74) is 0.921. The zero-order valence-electron chi connectivity index (χ0n) is 8.53. The molecule has 0 radical (unpaired) electrons. The molecule has 0 aliphatic carbocycles. The van der Waals surface area contributed by atoms with Crippen LogP contribution in [0.1, 0.15) is 13.3 Å². The van der Waals surface area contributed by atoms with Gasteiger partial charge in [-0.3, -0.25) is 0 Å². The van der Waals surface area contributed by atoms with Crippen molar-refractivity contribution in [2.24, 2.45) is 0 Å². The highest BCUT2D eigenvalue weighted by molar-refractivity contribution is 6.32. The maximum atomic E-state index is 8.91. The molecule has 15 heavy (non-hydrogen) atoms. The van der Waals surface area contributed by atoms with Gasteiger partial charge in [0.05, 0.1) is 16.8 Å². The summed E-state index contributed by atoms with van der Waals surface area (Å²) in [4.78, 5) is 0. The van der Waals surface area contributed by atoms with E-state index in [1.165, 1.54) is 0 Å². The highest BCUT2D eigenvalue weighted by atomic mass is 35.5. The van der Waals surface area contributed by atoms with Crippen molar-refractivity contribution in [1.82, 2.24) is 0 Å². The lowest BCUT2D eigenvalue weighted by atomic mass is 10.1. The van der Waals surface area contributed by atoms with E-state index in [2.05, 4.69) is 5.32 Å². The van der Waals surface area contributed by atoms with Crippen molar-refractivity contribution in [2.75, 3.05) is 11.9 Å². The van der Waals surface area contributed by atoms with Crippen molar-refractivity contribution in [3.05, 3.63) is 23.2 Å². The lowest BCUT2D eigenvalue weighted by Gasteiger charge is -2.33. The van der Waals surface area contributed by atoms with Crippen LogP contribution in [0.25, 0.3) is 0 Å². The first-order valence-electron chi connectivity index (χ1n) is 5.05. The minimum absolute atomic E-state index is 0.0256. The molecule has 2 rings (SSSR count). The molecule has 1 aromatic carbocycles. The van der Waals surface area contributed by atoms with Gasteiger partial charge in [-0.15, -0.1) is 0 Å². The Balaban J connectivity index is 2.26. The Hall–Kier alpha value is -0.930. The Bertz CT molecular complexity index is 356. The number of hydrogen-bond donors (Lipinski definition) is 2. The van der Waals surface area contributed by atoms with Gasteiger partial charge in [0.25, 0.3) is 0 Å². The van der Waals surface area contributed by atoms with Crippen LogP contribution in [-0.2, 0) is 0 Å². The summed E-state index contributed by atoms with van der Waals surface area (Å²) < 4.78 is 5.76. The number of fused-ring (bicyclic) bond motifs is 1. The van der Waals surface area contributed by atoms with Crippen LogP contribution >= 0.6 is 11.6 Å². The van der Waals surface area contributed by atoms with E-state index in [-0.39, 0.29) is 18.8 Å². The number of halogens is 1. The maximum absolute atomic E-state index is 8.91. The molecule has 0 saturated carbocycles. The van der Waals surface area contributed by atoms with Crippen LogP contribution in [0.2, 0.25) is 5.02 Å². The molecule has 1 aromatic rings. The first-order chi connectivity index (χ1) is 7.22. The number of ether oxygens (including phenoxy) is 1. The first kappa shape index (κ1) is 10.6. The summed E-state index contributed by atoms with van der Waals surface area (Å²) >= 11 is 6.03. The van der Waals surface area contributed by atoms with Crippen molar-refractivity contribution in [1.29, 1.82) is 0 Å². The second-order valence-electron chi connectivity index (χ2n) is 3.72. The summed E-state index contributed by atoms with van der Waals surface area (Å²) in [6.07, 6.45) is 0.584. The van der Waals surface area contributed by atoms with Crippen molar-refractivity contribution < 1.29 is 9.84 Å². The lowest BCUT2D eigenvalue weighted by Crippen LogP contribution is -2.39. The molecule has 1 aliphatic rings. The number of rotatable bonds is 2. The van der Waals surface area contributed by atoms with E-state index in [1.807, 2.05) is 19.1 Å². The van der Waals surface area contributed by atoms with Gasteiger partial charge in [0.1, 0.15) is 6.10 Å². The minimum atomic E-state index is -0.0256. The first-order valence-corrected chi connectivity index (χ1v) is 5.42. The second-order valence-corrected chi connectivity index (χ2v) is 4.13. The lowest BCUT2D eigenvalue weighted by molar-refractivity contribution is 0.134. The summed E-state index contributed by atoms with van der Waals surface area (Å²) in [5.74, 6) is 0.690. The molecule has 0 aromatic heterocycles. The topological polar surface area (TPSA) is 41.5 Å². The van der Waals surface area contributed by atoms with Crippen LogP contribution in [0.5, 0.6) is 5.75 Å². The Labute approximate surface area is 94.0 Å². The zero-order valence-corrected chi connectivity index (χ0v) is 9.29. The summed E-state index contributed by atoms with van der Waals surface area (Å²) in [7, 11) is 0. The molecule has 3 nitrogen and oxygen atoms in total. The van der Waals surface area contributed by atoms with Gasteiger partial charge in [-0.25, -0.2) is 0 Å². The summed E-state index contributed by atoms with van der Waals surface area (Å²) in [5, 5.41) is 12.8. The number of para-hydroxylation sites is 1. The van der Waals surface area contributed by atoms with E-state index in [0.29, 0.717) is 17.2 Å². The zero-order chi connectivity index (χ0) is 10.8. The molecule has 2 N–H and O–H groups in total. The van der Waals surface area contributed by atoms with Gasteiger partial charge in [-0.1, -0.05) is 17.7 Å². The number of aliphatic hydroxyl groups excluding tert-OH is 1. The van der Waals surface area contributed by atoms with Crippen LogP contribution in [0.15, 0.2) is 18.2 Å². The van der Waals surface area contributed by atoms with E-state index in [1.54, 1.807) is 6.07 Å². The van der Waals surface area contributed by atoms with Gasteiger partial charge in [0.2, 0.25) is 0 Å². The van der Waals surface area contributed by atoms with Gasteiger partial charge in [-0.05, 0) is 19.1 Å². The average molecular weight is 228 g/mol. The van der Waals surface area contributed by atoms with Crippen molar-refractivity contribution in [3.8, 4) is 5.75 Å².